The zero-order chi connectivity index (χ0) is 19.5. The largest absolute Gasteiger partial charge is 0.481 e. The molecule has 8 heteroatoms. The molecule has 0 saturated carbocycles. The van der Waals surface area contributed by atoms with E-state index in [1.165, 1.54) is 32.2 Å². The lowest BCUT2D eigenvalue weighted by molar-refractivity contribution is -0.222. The van der Waals surface area contributed by atoms with Gasteiger partial charge in [0.05, 0.1) is 6.42 Å². The van der Waals surface area contributed by atoms with E-state index >= 15 is 0 Å². The number of benzene rings is 1. The molecule has 138 valence electrons. The molecule has 0 aliphatic carbocycles. The lowest BCUT2D eigenvalue weighted by Gasteiger charge is -2.29. The predicted octanol–water partition coefficient (Wildman–Crippen LogP) is 2.11. The quantitative estimate of drug-likeness (QED) is 0.342. The molecule has 26 heavy (non-hydrogen) atoms. The molecule has 1 aromatic rings. The van der Waals surface area contributed by atoms with Crippen LogP contribution in [0.15, 0.2) is 36.0 Å². The number of nitrogens with one attached hydrogen (secondary N) is 1. The number of cyclic esters (lactones) is 2. The highest BCUT2D eigenvalue weighted by Gasteiger charge is 2.38. The first kappa shape index (κ1) is 19.2. The Labute approximate surface area is 149 Å². The number of anilines is 1. The van der Waals surface area contributed by atoms with Gasteiger partial charge < -0.3 is 19.9 Å². The average molecular weight is 361 g/mol. The van der Waals surface area contributed by atoms with Crippen LogP contribution in [0.5, 0.6) is 0 Å². The van der Waals surface area contributed by atoms with Gasteiger partial charge in [0.15, 0.2) is 11.4 Å². The Morgan fingerprint density at radius 3 is 2.19 bits per heavy atom. The molecule has 1 heterocycles. The van der Waals surface area contributed by atoms with Crippen molar-refractivity contribution in [3.63, 3.8) is 0 Å². The summed E-state index contributed by atoms with van der Waals surface area (Å²) in [5, 5.41) is 11.5. The number of hydrogen-bond acceptors (Lipinski definition) is 7. The molecule has 1 unspecified atom stereocenters. The fourth-order valence-electron chi connectivity index (χ4n) is 2.30. The van der Waals surface area contributed by atoms with E-state index in [1.807, 2.05) is 0 Å². The third kappa shape index (κ3) is 4.69. The number of esters is 2. The predicted molar refractivity (Wildman–Crippen MR) is 90.2 cm³/mol. The van der Waals surface area contributed by atoms with Gasteiger partial charge in [0.1, 0.15) is 0 Å². The molecule has 1 aliphatic heterocycles. The normalized spacial score (nSPS) is 17.0. The first-order valence-corrected chi connectivity index (χ1v) is 7.88. The Morgan fingerprint density at radius 1 is 1.15 bits per heavy atom. The summed E-state index contributed by atoms with van der Waals surface area (Å²) in [5.74, 6) is -4.85. The Balaban J connectivity index is 2.06. The van der Waals surface area contributed by atoms with Crippen LogP contribution in [-0.2, 0) is 23.9 Å². The average Bonchev–Trinajstić information content (AvgIpc) is 2.52. The summed E-state index contributed by atoms with van der Waals surface area (Å²) in [4.78, 5) is 46.5. The van der Waals surface area contributed by atoms with Crippen molar-refractivity contribution in [2.24, 2.45) is 5.92 Å². The number of carbonyl (C=O) groups is 4. The Kier molecular flexibility index (Phi) is 5.44. The summed E-state index contributed by atoms with van der Waals surface area (Å²) in [7, 11) is 0. The first-order chi connectivity index (χ1) is 12.1. The third-order valence-electron chi connectivity index (χ3n) is 3.60. The summed E-state index contributed by atoms with van der Waals surface area (Å²) in [6, 6.07) is 6.20. The first-order valence-electron chi connectivity index (χ1n) is 7.88. The number of hydrogen-bond donors (Lipinski definition) is 2. The van der Waals surface area contributed by atoms with Crippen LogP contribution in [-0.4, -0.2) is 34.6 Å². The lowest BCUT2D eigenvalue weighted by atomic mass is 9.96. The smallest absolute Gasteiger partial charge is 0.350 e. The highest BCUT2D eigenvalue weighted by molar-refractivity contribution is 6.15. The number of carboxylic acids is 1. The van der Waals surface area contributed by atoms with Crippen LogP contribution in [0.4, 0.5) is 5.69 Å². The molecule has 1 saturated heterocycles. The van der Waals surface area contributed by atoms with Crippen molar-refractivity contribution >= 4 is 29.4 Å². The van der Waals surface area contributed by atoms with Gasteiger partial charge in [0, 0.05) is 37.2 Å². The van der Waals surface area contributed by atoms with Crippen molar-refractivity contribution in [2.45, 2.75) is 33.0 Å². The number of aliphatic carboxylic acids is 1. The lowest BCUT2D eigenvalue weighted by Crippen LogP contribution is -2.42. The molecule has 1 aliphatic rings. The SMILES string of the molecule is CC(CC(=O)O)C(=O)c1ccc(NC=C2C(=O)OC(C)(C)OC2=O)cc1. The van der Waals surface area contributed by atoms with Crippen LogP contribution < -0.4 is 5.32 Å². The minimum atomic E-state index is -1.31. The van der Waals surface area contributed by atoms with E-state index in [2.05, 4.69) is 5.32 Å². The monoisotopic (exact) mass is 361 g/mol. The number of Topliss-reactive ketones (excluding diaryl/α,β-unsaturated/α-hetero) is 1. The van der Waals surface area contributed by atoms with Gasteiger partial charge in [0.25, 0.3) is 5.79 Å². The van der Waals surface area contributed by atoms with Gasteiger partial charge >= 0.3 is 17.9 Å². The standard InChI is InChI=1S/C18H19NO7/c1-10(8-14(20)21)15(22)11-4-6-12(7-5-11)19-9-13-16(23)25-18(2,3)26-17(13)24/h4-7,9-10,19H,8H2,1-3H3,(H,20,21). The van der Waals surface area contributed by atoms with Gasteiger partial charge in [-0.3, -0.25) is 9.59 Å². The molecule has 0 aromatic heterocycles. The summed E-state index contributed by atoms with van der Waals surface area (Å²) in [6.45, 7) is 4.46. The van der Waals surface area contributed by atoms with Crippen molar-refractivity contribution in [3.05, 3.63) is 41.6 Å². The van der Waals surface area contributed by atoms with E-state index in [0.717, 1.165) is 0 Å². The number of ether oxygens (including phenoxy) is 2. The second-order valence-electron chi connectivity index (χ2n) is 6.32. The molecule has 0 spiro atoms. The number of carbonyl (C=O) groups excluding carboxylic acids is 3. The van der Waals surface area contributed by atoms with Crippen molar-refractivity contribution in [3.8, 4) is 0 Å². The van der Waals surface area contributed by atoms with Crippen LogP contribution in [0.3, 0.4) is 0 Å². The van der Waals surface area contributed by atoms with Gasteiger partial charge in [-0.15, -0.1) is 0 Å². The van der Waals surface area contributed by atoms with Gasteiger partial charge in [-0.1, -0.05) is 6.92 Å². The molecule has 1 fully saturated rings. The van der Waals surface area contributed by atoms with Crippen LogP contribution >= 0.6 is 0 Å². The zero-order valence-electron chi connectivity index (χ0n) is 14.6. The van der Waals surface area contributed by atoms with Gasteiger partial charge in [0.2, 0.25) is 0 Å². The van der Waals surface area contributed by atoms with E-state index < -0.39 is 29.6 Å². The van der Waals surface area contributed by atoms with Gasteiger partial charge in [-0.05, 0) is 24.3 Å². The molecule has 0 radical (unpaired) electrons. The maximum Gasteiger partial charge on any atom is 0.350 e. The van der Waals surface area contributed by atoms with Crippen molar-refractivity contribution < 1.29 is 33.8 Å². The zero-order valence-corrected chi connectivity index (χ0v) is 14.6. The summed E-state index contributed by atoms with van der Waals surface area (Å²) < 4.78 is 9.94. The maximum absolute atomic E-state index is 12.1. The molecule has 1 aromatic carbocycles. The third-order valence-corrected chi connectivity index (χ3v) is 3.60. The summed E-state index contributed by atoms with van der Waals surface area (Å²) in [6.07, 6.45) is 0.926. The topological polar surface area (TPSA) is 119 Å². The molecular weight excluding hydrogens is 342 g/mol. The van der Waals surface area contributed by atoms with Crippen LogP contribution in [0.1, 0.15) is 37.6 Å². The van der Waals surface area contributed by atoms with E-state index in [1.54, 1.807) is 19.1 Å². The number of rotatable bonds is 6. The fourth-order valence-corrected chi connectivity index (χ4v) is 2.30. The second kappa shape index (κ2) is 7.38. The molecule has 0 amide bonds. The van der Waals surface area contributed by atoms with E-state index in [4.69, 9.17) is 14.6 Å². The Bertz CT molecular complexity index is 755. The van der Waals surface area contributed by atoms with E-state index in [0.29, 0.717) is 11.3 Å². The van der Waals surface area contributed by atoms with Crippen molar-refractivity contribution in [1.82, 2.24) is 0 Å². The summed E-state index contributed by atoms with van der Waals surface area (Å²) >= 11 is 0. The van der Waals surface area contributed by atoms with Gasteiger partial charge in [-0.25, -0.2) is 9.59 Å². The van der Waals surface area contributed by atoms with Crippen LogP contribution in [0.25, 0.3) is 0 Å². The van der Waals surface area contributed by atoms with Crippen molar-refractivity contribution in [1.29, 1.82) is 0 Å². The Hall–Kier alpha value is -3.16. The minimum Gasteiger partial charge on any atom is -0.481 e. The number of ketones is 1. The molecule has 2 rings (SSSR count). The molecule has 0 bridgehead atoms. The maximum atomic E-state index is 12.1. The molecular formula is C18H19NO7. The van der Waals surface area contributed by atoms with E-state index in [9.17, 15) is 19.2 Å². The minimum absolute atomic E-state index is 0.245. The van der Waals surface area contributed by atoms with Crippen molar-refractivity contribution in [2.75, 3.05) is 5.32 Å². The molecule has 8 nitrogen and oxygen atoms in total. The van der Waals surface area contributed by atoms with Gasteiger partial charge in [-0.2, -0.15) is 0 Å². The molecule has 2 N–H and O–H groups in total. The highest BCUT2D eigenvalue weighted by Crippen LogP contribution is 2.23. The second-order valence-corrected chi connectivity index (χ2v) is 6.32. The summed E-state index contributed by atoms with van der Waals surface area (Å²) in [5.41, 5.74) is 0.611. The van der Waals surface area contributed by atoms with Crippen LogP contribution in [0, 0.1) is 5.92 Å². The fraction of sp³-hybridized carbons (Fsp3) is 0.333. The van der Waals surface area contributed by atoms with Crippen LogP contribution in [0.2, 0.25) is 0 Å². The highest BCUT2D eigenvalue weighted by atomic mass is 16.7. The number of carboxylic acid groups (broad SMARTS) is 1. The molecule has 1 atom stereocenters. The van der Waals surface area contributed by atoms with E-state index in [-0.39, 0.29) is 17.8 Å². The Morgan fingerprint density at radius 2 is 1.69 bits per heavy atom.